The topological polar surface area (TPSA) is 24.5 Å². The maximum Gasteiger partial charge on any atom is 0.0538 e. The van der Waals surface area contributed by atoms with Crippen LogP contribution in [0.2, 0.25) is 0 Å². The van der Waals surface area contributed by atoms with Gasteiger partial charge in [-0.3, -0.25) is 0 Å². The number of nitrogens with one attached hydrogen (secondary N) is 1. The second-order valence-electron chi connectivity index (χ2n) is 6.93. The van der Waals surface area contributed by atoms with E-state index in [1.54, 1.807) is 0 Å². The number of nitrogens with zero attached hydrogens (tertiary/aromatic N) is 1. The molecule has 3 nitrogen and oxygen atoms in total. The average Bonchev–Trinajstić information content (AvgIpc) is 2.81. The SMILES string of the molecule is CC(C)OCC1(CN2CC3(CCNC3)C2)CC1. The van der Waals surface area contributed by atoms with Gasteiger partial charge < -0.3 is 15.0 Å². The van der Waals surface area contributed by atoms with E-state index >= 15 is 0 Å². The predicted molar refractivity (Wildman–Crippen MR) is 69.1 cm³/mol. The molecule has 3 fully saturated rings. The maximum absolute atomic E-state index is 5.82. The Labute approximate surface area is 105 Å². The second-order valence-corrected chi connectivity index (χ2v) is 6.93. The first-order valence-electron chi connectivity index (χ1n) is 7.16. The van der Waals surface area contributed by atoms with Crippen LogP contribution in [0.5, 0.6) is 0 Å². The minimum Gasteiger partial charge on any atom is -0.378 e. The summed E-state index contributed by atoms with van der Waals surface area (Å²) >= 11 is 0. The molecule has 3 heteroatoms. The van der Waals surface area contributed by atoms with Crippen LogP contribution in [0.15, 0.2) is 0 Å². The summed E-state index contributed by atoms with van der Waals surface area (Å²) in [5.74, 6) is 0. The molecule has 3 rings (SSSR count). The molecule has 3 aliphatic rings. The van der Waals surface area contributed by atoms with Crippen LogP contribution < -0.4 is 5.32 Å². The third-order valence-electron chi connectivity index (χ3n) is 4.69. The summed E-state index contributed by atoms with van der Waals surface area (Å²) in [5, 5.41) is 3.50. The molecule has 98 valence electrons. The second kappa shape index (κ2) is 4.22. The highest BCUT2D eigenvalue weighted by molar-refractivity contribution is 5.04. The molecule has 0 amide bonds. The fourth-order valence-electron chi connectivity index (χ4n) is 3.42. The Morgan fingerprint density at radius 2 is 2.00 bits per heavy atom. The number of hydrogen-bond acceptors (Lipinski definition) is 3. The van der Waals surface area contributed by atoms with Crippen LogP contribution >= 0.6 is 0 Å². The van der Waals surface area contributed by atoms with Crippen molar-refractivity contribution in [2.75, 3.05) is 39.3 Å². The molecule has 1 N–H and O–H groups in total. The normalized spacial score (nSPS) is 29.8. The summed E-state index contributed by atoms with van der Waals surface area (Å²) in [5.41, 5.74) is 1.17. The lowest BCUT2D eigenvalue weighted by molar-refractivity contribution is -0.0243. The van der Waals surface area contributed by atoms with Crippen molar-refractivity contribution in [3.63, 3.8) is 0 Å². The van der Waals surface area contributed by atoms with Crippen LogP contribution in [-0.2, 0) is 4.74 Å². The van der Waals surface area contributed by atoms with Crippen LogP contribution in [0.4, 0.5) is 0 Å². The standard InChI is InChI=1S/C14H26N2O/c1-12(2)17-11-13(3-4-13)8-16-9-14(10-16)5-6-15-7-14/h12,15H,3-11H2,1-2H3. The highest BCUT2D eigenvalue weighted by Gasteiger charge is 2.50. The Kier molecular flexibility index (Phi) is 2.96. The van der Waals surface area contributed by atoms with E-state index in [9.17, 15) is 0 Å². The lowest BCUT2D eigenvalue weighted by atomic mass is 9.78. The zero-order chi connectivity index (χ0) is 11.9. The molecule has 0 atom stereocenters. The molecule has 0 radical (unpaired) electrons. The molecule has 1 aliphatic carbocycles. The molecule has 0 aromatic carbocycles. The Hall–Kier alpha value is -0.120. The minimum atomic E-state index is 0.384. The molecule has 17 heavy (non-hydrogen) atoms. The van der Waals surface area contributed by atoms with E-state index in [1.165, 1.54) is 52.0 Å². The number of hydrogen-bond donors (Lipinski definition) is 1. The van der Waals surface area contributed by atoms with Gasteiger partial charge in [0.15, 0.2) is 0 Å². The highest BCUT2D eigenvalue weighted by atomic mass is 16.5. The van der Waals surface area contributed by atoms with Gasteiger partial charge in [0, 0.05) is 37.0 Å². The van der Waals surface area contributed by atoms with Crippen LogP contribution in [-0.4, -0.2) is 50.3 Å². The largest absolute Gasteiger partial charge is 0.378 e. The Morgan fingerprint density at radius 1 is 1.24 bits per heavy atom. The van der Waals surface area contributed by atoms with E-state index < -0.39 is 0 Å². The number of likely N-dealkylation sites (tertiary alicyclic amines) is 1. The summed E-state index contributed by atoms with van der Waals surface area (Å²) < 4.78 is 5.82. The van der Waals surface area contributed by atoms with Crippen LogP contribution in [0.25, 0.3) is 0 Å². The first-order valence-corrected chi connectivity index (χ1v) is 7.16. The van der Waals surface area contributed by atoms with Gasteiger partial charge in [-0.2, -0.15) is 0 Å². The minimum absolute atomic E-state index is 0.384. The zero-order valence-corrected chi connectivity index (χ0v) is 11.3. The molecule has 0 bridgehead atoms. The van der Waals surface area contributed by atoms with Crippen molar-refractivity contribution >= 4 is 0 Å². The van der Waals surface area contributed by atoms with E-state index in [-0.39, 0.29) is 0 Å². The number of ether oxygens (including phenoxy) is 1. The summed E-state index contributed by atoms with van der Waals surface area (Å²) in [6.07, 6.45) is 4.52. The molecule has 2 heterocycles. The molecule has 1 saturated carbocycles. The molecule has 0 aromatic rings. The third-order valence-corrected chi connectivity index (χ3v) is 4.69. The van der Waals surface area contributed by atoms with E-state index in [0.29, 0.717) is 16.9 Å². The van der Waals surface area contributed by atoms with Gasteiger partial charge >= 0.3 is 0 Å². The Bertz CT molecular complexity index is 272. The van der Waals surface area contributed by atoms with Gasteiger partial charge in [0.25, 0.3) is 0 Å². The molecule has 1 spiro atoms. The van der Waals surface area contributed by atoms with Gasteiger partial charge in [-0.05, 0) is 39.7 Å². The molecule has 2 aliphatic heterocycles. The predicted octanol–water partition coefficient (Wildman–Crippen LogP) is 1.49. The summed E-state index contributed by atoms with van der Waals surface area (Å²) in [6.45, 7) is 11.7. The smallest absolute Gasteiger partial charge is 0.0538 e. The lowest BCUT2D eigenvalue weighted by Gasteiger charge is -2.49. The quantitative estimate of drug-likeness (QED) is 0.785. The third kappa shape index (κ3) is 2.51. The van der Waals surface area contributed by atoms with E-state index in [2.05, 4.69) is 24.1 Å². The summed E-state index contributed by atoms with van der Waals surface area (Å²) in [6, 6.07) is 0. The fraction of sp³-hybridized carbons (Fsp3) is 1.00. The summed E-state index contributed by atoms with van der Waals surface area (Å²) in [7, 11) is 0. The molecule has 0 unspecified atom stereocenters. The average molecular weight is 238 g/mol. The zero-order valence-electron chi connectivity index (χ0n) is 11.3. The van der Waals surface area contributed by atoms with E-state index in [1.807, 2.05) is 0 Å². The Morgan fingerprint density at radius 3 is 2.53 bits per heavy atom. The van der Waals surface area contributed by atoms with Gasteiger partial charge in [-0.15, -0.1) is 0 Å². The van der Waals surface area contributed by atoms with Crippen LogP contribution in [0.3, 0.4) is 0 Å². The van der Waals surface area contributed by atoms with Gasteiger partial charge in [0.1, 0.15) is 0 Å². The van der Waals surface area contributed by atoms with E-state index in [0.717, 1.165) is 6.61 Å². The lowest BCUT2D eigenvalue weighted by Crippen LogP contribution is -2.58. The van der Waals surface area contributed by atoms with Crippen LogP contribution in [0.1, 0.15) is 33.1 Å². The van der Waals surface area contributed by atoms with Crippen molar-refractivity contribution in [2.24, 2.45) is 10.8 Å². The van der Waals surface area contributed by atoms with Crippen molar-refractivity contribution in [1.82, 2.24) is 10.2 Å². The van der Waals surface area contributed by atoms with Gasteiger partial charge in [-0.25, -0.2) is 0 Å². The molecule has 2 saturated heterocycles. The number of rotatable bonds is 5. The van der Waals surface area contributed by atoms with Crippen molar-refractivity contribution in [3.8, 4) is 0 Å². The van der Waals surface area contributed by atoms with E-state index in [4.69, 9.17) is 4.74 Å². The van der Waals surface area contributed by atoms with Crippen molar-refractivity contribution in [1.29, 1.82) is 0 Å². The Balaban J connectivity index is 1.43. The first-order chi connectivity index (χ1) is 8.12. The molecular formula is C14H26N2O. The first kappa shape index (κ1) is 11.9. The summed E-state index contributed by atoms with van der Waals surface area (Å²) in [4.78, 5) is 2.66. The highest BCUT2D eigenvalue weighted by Crippen LogP contribution is 2.49. The molecule has 0 aromatic heterocycles. The maximum atomic E-state index is 5.82. The van der Waals surface area contributed by atoms with Gasteiger partial charge in [-0.1, -0.05) is 0 Å². The van der Waals surface area contributed by atoms with Crippen molar-refractivity contribution in [2.45, 2.75) is 39.2 Å². The molecular weight excluding hydrogens is 212 g/mol. The monoisotopic (exact) mass is 238 g/mol. The van der Waals surface area contributed by atoms with Gasteiger partial charge in [0.2, 0.25) is 0 Å². The fourth-order valence-corrected chi connectivity index (χ4v) is 3.42. The van der Waals surface area contributed by atoms with Crippen molar-refractivity contribution < 1.29 is 4.74 Å². The van der Waals surface area contributed by atoms with Crippen molar-refractivity contribution in [3.05, 3.63) is 0 Å². The van der Waals surface area contributed by atoms with Crippen LogP contribution in [0, 0.1) is 10.8 Å². The van der Waals surface area contributed by atoms with Gasteiger partial charge in [0.05, 0.1) is 12.7 Å².